The standard InChI is InChI=1S/C20H19FN4O4/c21-15-11-13(1-3-17(15)24-9-6-22-7-10-24)25-8-5-16-14(20(25)28)2-4-18(23-16)29-12-19(26)27/h1-5,8,11,22H,6-7,9-10,12H2,(H,26,27). The zero-order valence-corrected chi connectivity index (χ0v) is 15.5. The minimum absolute atomic E-state index is 0.114. The fourth-order valence-corrected chi connectivity index (χ4v) is 3.33. The van der Waals surface area contributed by atoms with Crippen LogP contribution in [0.4, 0.5) is 10.1 Å². The fourth-order valence-electron chi connectivity index (χ4n) is 3.33. The number of carboxylic acid groups (broad SMARTS) is 1. The summed E-state index contributed by atoms with van der Waals surface area (Å²) in [6.45, 7) is 2.54. The predicted octanol–water partition coefficient (Wildman–Crippen LogP) is 1.40. The highest BCUT2D eigenvalue weighted by Gasteiger charge is 2.16. The molecule has 1 fully saturated rings. The van der Waals surface area contributed by atoms with Gasteiger partial charge in [0.15, 0.2) is 6.61 Å². The molecule has 1 aliphatic rings. The molecule has 29 heavy (non-hydrogen) atoms. The second-order valence-electron chi connectivity index (χ2n) is 6.63. The summed E-state index contributed by atoms with van der Waals surface area (Å²) < 4.78 is 21.1. The Morgan fingerprint density at radius 1 is 1.21 bits per heavy atom. The number of hydrogen-bond donors (Lipinski definition) is 2. The van der Waals surface area contributed by atoms with Crippen molar-refractivity contribution in [3.63, 3.8) is 0 Å². The molecule has 0 atom stereocenters. The Morgan fingerprint density at radius 3 is 2.72 bits per heavy atom. The third-order valence-electron chi connectivity index (χ3n) is 4.74. The van der Waals surface area contributed by atoms with E-state index < -0.39 is 12.6 Å². The first kappa shape index (κ1) is 18.9. The van der Waals surface area contributed by atoms with E-state index in [1.54, 1.807) is 18.2 Å². The van der Waals surface area contributed by atoms with Crippen molar-refractivity contribution in [1.29, 1.82) is 0 Å². The number of piperazine rings is 1. The summed E-state index contributed by atoms with van der Waals surface area (Å²) in [6, 6.07) is 9.31. The van der Waals surface area contributed by atoms with Gasteiger partial charge in [-0.1, -0.05) is 0 Å². The number of rotatable bonds is 5. The van der Waals surface area contributed by atoms with Gasteiger partial charge in [0.2, 0.25) is 5.88 Å². The number of halogens is 1. The Labute approximate surface area is 165 Å². The third-order valence-corrected chi connectivity index (χ3v) is 4.74. The second-order valence-corrected chi connectivity index (χ2v) is 6.63. The zero-order chi connectivity index (χ0) is 20.4. The minimum atomic E-state index is -1.12. The summed E-state index contributed by atoms with van der Waals surface area (Å²) in [7, 11) is 0. The van der Waals surface area contributed by atoms with Crippen molar-refractivity contribution >= 4 is 22.6 Å². The quantitative estimate of drug-likeness (QED) is 0.671. The molecular weight excluding hydrogens is 379 g/mol. The number of aromatic nitrogens is 2. The highest BCUT2D eigenvalue weighted by atomic mass is 19.1. The zero-order valence-electron chi connectivity index (χ0n) is 15.5. The number of anilines is 1. The van der Waals surface area contributed by atoms with E-state index in [1.165, 1.54) is 29.0 Å². The number of carbonyl (C=O) groups is 1. The Hall–Kier alpha value is -3.46. The Bertz CT molecular complexity index is 1130. The van der Waals surface area contributed by atoms with Crippen molar-refractivity contribution in [1.82, 2.24) is 14.9 Å². The molecule has 3 heterocycles. The lowest BCUT2D eigenvalue weighted by atomic mass is 10.2. The van der Waals surface area contributed by atoms with E-state index in [4.69, 9.17) is 9.84 Å². The van der Waals surface area contributed by atoms with Crippen LogP contribution in [0.3, 0.4) is 0 Å². The largest absolute Gasteiger partial charge is 0.479 e. The van der Waals surface area contributed by atoms with Crippen LogP contribution >= 0.6 is 0 Å². The molecule has 0 spiro atoms. The molecule has 1 aromatic carbocycles. The molecule has 150 valence electrons. The van der Waals surface area contributed by atoms with Crippen molar-refractivity contribution in [2.45, 2.75) is 0 Å². The Morgan fingerprint density at radius 2 is 2.00 bits per heavy atom. The van der Waals surface area contributed by atoms with Gasteiger partial charge in [0, 0.05) is 44.5 Å². The number of carboxylic acids is 1. The Kier molecular flexibility index (Phi) is 5.13. The highest BCUT2D eigenvalue weighted by Crippen LogP contribution is 2.23. The van der Waals surface area contributed by atoms with Gasteiger partial charge in [-0.25, -0.2) is 14.2 Å². The molecule has 9 heteroatoms. The van der Waals surface area contributed by atoms with Crippen LogP contribution in [0.25, 0.3) is 16.6 Å². The van der Waals surface area contributed by atoms with Crippen molar-refractivity contribution < 1.29 is 19.0 Å². The second kappa shape index (κ2) is 7.88. The lowest BCUT2D eigenvalue weighted by Gasteiger charge is -2.29. The van der Waals surface area contributed by atoms with Crippen molar-refractivity contribution in [2.24, 2.45) is 0 Å². The van der Waals surface area contributed by atoms with Crippen molar-refractivity contribution in [2.75, 3.05) is 37.7 Å². The minimum Gasteiger partial charge on any atom is -0.479 e. The van der Waals surface area contributed by atoms with Crippen LogP contribution in [0.2, 0.25) is 0 Å². The van der Waals surface area contributed by atoms with Gasteiger partial charge in [0.25, 0.3) is 5.56 Å². The van der Waals surface area contributed by atoms with Crippen LogP contribution in [0.1, 0.15) is 0 Å². The molecule has 0 aliphatic carbocycles. The number of pyridine rings is 2. The van der Waals surface area contributed by atoms with Gasteiger partial charge in [-0.15, -0.1) is 0 Å². The summed E-state index contributed by atoms with van der Waals surface area (Å²) in [6.07, 6.45) is 1.51. The third kappa shape index (κ3) is 3.90. The number of ether oxygens (including phenoxy) is 1. The van der Waals surface area contributed by atoms with Gasteiger partial charge < -0.3 is 20.1 Å². The molecule has 2 N–H and O–H groups in total. The van der Waals surface area contributed by atoms with E-state index in [-0.39, 0.29) is 17.3 Å². The topological polar surface area (TPSA) is 96.7 Å². The molecular formula is C20H19FN4O4. The van der Waals surface area contributed by atoms with Crippen LogP contribution in [-0.4, -0.2) is 53.4 Å². The van der Waals surface area contributed by atoms with Crippen LogP contribution in [0, 0.1) is 5.82 Å². The summed E-state index contributed by atoms with van der Waals surface area (Å²) >= 11 is 0. The van der Waals surface area contributed by atoms with Crippen molar-refractivity contribution in [3.05, 3.63) is 58.8 Å². The maximum absolute atomic E-state index is 14.7. The molecule has 0 radical (unpaired) electrons. The van der Waals surface area contributed by atoms with E-state index in [1.807, 2.05) is 4.90 Å². The van der Waals surface area contributed by atoms with E-state index in [0.717, 1.165) is 26.2 Å². The molecule has 1 saturated heterocycles. The molecule has 0 saturated carbocycles. The van der Waals surface area contributed by atoms with E-state index in [2.05, 4.69) is 10.3 Å². The van der Waals surface area contributed by atoms with Gasteiger partial charge in [0.05, 0.1) is 22.3 Å². The number of aliphatic carboxylic acids is 1. The fraction of sp³-hybridized carbons (Fsp3) is 0.250. The summed E-state index contributed by atoms with van der Waals surface area (Å²) in [5, 5.41) is 12.2. The van der Waals surface area contributed by atoms with Crippen LogP contribution in [0.5, 0.6) is 5.88 Å². The highest BCUT2D eigenvalue weighted by molar-refractivity contribution is 5.78. The SMILES string of the molecule is O=C(O)COc1ccc2c(=O)n(-c3ccc(N4CCNCC4)c(F)c3)ccc2n1. The van der Waals surface area contributed by atoms with Gasteiger partial charge in [-0.2, -0.15) is 0 Å². The van der Waals surface area contributed by atoms with Gasteiger partial charge in [0.1, 0.15) is 5.82 Å². The van der Waals surface area contributed by atoms with E-state index in [9.17, 15) is 14.0 Å². The molecule has 0 bridgehead atoms. The number of benzene rings is 1. The van der Waals surface area contributed by atoms with Gasteiger partial charge in [-0.3, -0.25) is 9.36 Å². The molecule has 1 aliphatic heterocycles. The molecule has 2 aromatic heterocycles. The molecule has 3 aromatic rings. The summed E-state index contributed by atoms with van der Waals surface area (Å²) in [4.78, 5) is 29.6. The smallest absolute Gasteiger partial charge is 0.341 e. The summed E-state index contributed by atoms with van der Waals surface area (Å²) in [5.41, 5.74) is 0.951. The molecule has 4 rings (SSSR count). The average molecular weight is 398 g/mol. The van der Waals surface area contributed by atoms with E-state index >= 15 is 0 Å². The first-order valence-corrected chi connectivity index (χ1v) is 9.15. The van der Waals surface area contributed by atoms with Crippen LogP contribution in [-0.2, 0) is 4.79 Å². The number of fused-ring (bicyclic) bond motifs is 1. The number of nitrogens with one attached hydrogen (secondary N) is 1. The molecule has 0 amide bonds. The first-order chi connectivity index (χ1) is 14.0. The van der Waals surface area contributed by atoms with E-state index in [0.29, 0.717) is 22.3 Å². The maximum atomic E-state index is 14.7. The van der Waals surface area contributed by atoms with Crippen molar-refractivity contribution in [3.8, 4) is 11.6 Å². The lowest BCUT2D eigenvalue weighted by Crippen LogP contribution is -2.43. The summed E-state index contributed by atoms with van der Waals surface area (Å²) in [5.74, 6) is -1.39. The monoisotopic (exact) mass is 398 g/mol. The maximum Gasteiger partial charge on any atom is 0.341 e. The lowest BCUT2D eigenvalue weighted by molar-refractivity contribution is -0.139. The number of hydrogen-bond acceptors (Lipinski definition) is 6. The first-order valence-electron chi connectivity index (χ1n) is 9.15. The Balaban J connectivity index is 1.66. The van der Waals surface area contributed by atoms with Crippen LogP contribution in [0.15, 0.2) is 47.4 Å². The predicted molar refractivity (Wildman–Crippen MR) is 106 cm³/mol. The average Bonchev–Trinajstić information content (AvgIpc) is 2.73. The van der Waals surface area contributed by atoms with Gasteiger partial charge in [-0.05, 0) is 24.3 Å². The molecule has 0 unspecified atom stereocenters. The molecule has 8 nitrogen and oxygen atoms in total. The van der Waals surface area contributed by atoms with Crippen LogP contribution < -0.4 is 20.5 Å². The number of nitrogens with zero attached hydrogens (tertiary/aromatic N) is 3. The van der Waals surface area contributed by atoms with Gasteiger partial charge >= 0.3 is 5.97 Å². The normalized spacial score (nSPS) is 14.2.